The highest BCUT2D eigenvalue weighted by Crippen LogP contribution is 2.31. The van der Waals surface area contributed by atoms with Crippen molar-refractivity contribution in [3.63, 3.8) is 0 Å². The number of nitrogens with zero attached hydrogens (tertiary/aromatic N) is 2. The maximum Gasteiger partial charge on any atom is 0.311 e. The quantitative estimate of drug-likeness (QED) is 0.312. The SMILES string of the molecule is CC[C@@H](C(=O)NCC(C)C)N(Cc1c(Cl)cccc1Cl)C(=O)COc1ccc([N+](=O)[O-])c(OC)c1. The fourth-order valence-electron chi connectivity index (χ4n) is 3.32. The number of nitro groups is 1. The minimum absolute atomic E-state index is 0.000785. The summed E-state index contributed by atoms with van der Waals surface area (Å²) in [6.07, 6.45) is 0.350. The number of rotatable bonds is 12. The second-order valence-corrected chi connectivity index (χ2v) is 8.98. The monoisotopic (exact) mass is 525 g/mol. The van der Waals surface area contributed by atoms with Crippen molar-refractivity contribution in [1.29, 1.82) is 0 Å². The van der Waals surface area contributed by atoms with Gasteiger partial charge in [0.15, 0.2) is 6.61 Å². The fourth-order valence-corrected chi connectivity index (χ4v) is 3.84. The van der Waals surface area contributed by atoms with Gasteiger partial charge in [0.1, 0.15) is 11.8 Å². The lowest BCUT2D eigenvalue weighted by Gasteiger charge is -2.31. The molecule has 0 saturated heterocycles. The smallest absolute Gasteiger partial charge is 0.311 e. The fraction of sp³-hybridized carbons (Fsp3) is 0.417. The van der Waals surface area contributed by atoms with Gasteiger partial charge in [0.2, 0.25) is 11.7 Å². The van der Waals surface area contributed by atoms with Crippen LogP contribution >= 0.6 is 23.2 Å². The molecular formula is C24H29Cl2N3O6. The number of ether oxygens (including phenoxy) is 2. The number of methoxy groups -OCH3 is 1. The number of nitro benzene ring substituents is 1. The molecule has 0 aliphatic rings. The van der Waals surface area contributed by atoms with Crippen molar-refractivity contribution >= 4 is 40.7 Å². The number of hydrogen-bond donors (Lipinski definition) is 1. The summed E-state index contributed by atoms with van der Waals surface area (Å²) in [6.45, 7) is 5.79. The first kappa shape index (κ1) is 28.2. The van der Waals surface area contributed by atoms with Crippen LogP contribution in [0.15, 0.2) is 36.4 Å². The Bertz CT molecular complexity index is 1040. The van der Waals surface area contributed by atoms with Gasteiger partial charge in [0.05, 0.1) is 12.0 Å². The predicted octanol–water partition coefficient (Wildman–Crippen LogP) is 4.87. The van der Waals surface area contributed by atoms with Crippen LogP contribution in [0.5, 0.6) is 11.5 Å². The van der Waals surface area contributed by atoms with Crippen molar-refractivity contribution < 1.29 is 24.0 Å². The lowest BCUT2D eigenvalue weighted by Crippen LogP contribution is -2.50. The Hall–Kier alpha value is -3.04. The van der Waals surface area contributed by atoms with Gasteiger partial charge in [-0.15, -0.1) is 0 Å². The number of nitrogens with one attached hydrogen (secondary N) is 1. The highest BCUT2D eigenvalue weighted by molar-refractivity contribution is 6.36. The maximum absolute atomic E-state index is 13.3. The summed E-state index contributed by atoms with van der Waals surface area (Å²) in [6, 6.07) is 8.15. The van der Waals surface area contributed by atoms with Crippen LogP contribution in [-0.2, 0) is 16.1 Å². The van der Waals surface area contributed by atoms with Gasteiger partial charge in [-0.25, -0.2) is 0 Å². The zero-order valence-corrected chi connectivity index (χ0v) is 21.6. The van der Waals surface area contributed by atoms with Crippen LogP contribution in [0, 0.1) is 16.0 Å². The summed E-state index contributed by atoms with van der Waals surface area (Å²) in [5.74, 6) is -0.341. The molecule has 1 atom stereocenters. The van der Waals surface area contributed by atoms with E-state index in [1.807, 2.05) is 13.8 Å². The van der Waals surface area contributed by atoms with Gasteiger partial charge in [0.25, 0.3) is 5.91 Å². The van der Waals surface area contributed by atoms with Gasteiger partial charge in [0, 0.05) is 40.8 Å². The summed E-state index contributed by atoms with van der Waals surface area (Å²) < 4.78 is 10.6. The zero-order chi connectivity index (χ0) is 26.1. The summed E-state index contributed by atoms with van der Waals surface area (Å²) in [5.41, 5.74) is 0.283. The third-order valence-electron chi connectivity index (χ3n) is 5.17. The molecule has 0 bridgehead atoms. The van der Waals surface area contributed by atoms with Crippen LogP contribution in [0.3, 0.4) is 0 Å². The molecule has 2 aromatic carbocycles. The number of hydrogen-bond acceptors (Lipinski definition) is 6. The molecule has 0 aromatic heterocycles. The molecule has 0 aliphatic heterocycles. The lowest BCUT2D eigenvalue weighted by molar-refractivity contribution is -0.385. The number of amides is 2. The third-order valence-corrected chi connectivity index (χ3v) is 5.88. The number of benzene rings is 2. The third kappa shape index (κ3) is 7.73. The molecule has 2 amide bonds. The second-order valence-electron chi connectivity index (χ2n) is 8.16. The summed E-state index contributed by atoms with van der Waals surface area (Å²) in [7, 11) is 1.30. The molecule has 0 radical (unpaired) electrons. The van der Waals surface area contributed by atoms with E-state index in [0.717, 1.165) is 0 Å². The molecule has 0 aliphatic carbocycles. The minimum atomic E-state index is -0.788. The molecule has 2 aromatic rings. The van der Waals surface area contributed by atoms with Gasteiger partial charge in [-0.05, 0) is 30.5 Å². The van der Waals surface area contributed by atoms with Gasteiger partial charge < -0.3 is 19.7 Å². The standard InChI is InChI=1S/C24H29Cl2N3O6/c1-5-20(24(31)27-12-15(2)3)28(13-17-18(25)7-6-8-19(17)26)23(30)14-35-16-9-10-21(29(32)33)22(11-16)34-4/h6-11,15,20H,5,12-14H2,1-4H3,(H,27,31)/t20-/m0/s1. The molecule has 0 fully saturated rings. The normalized spacial score (nSPS) is 11.6. The molecule has 0 heterocycles. The van der Waals surface area contributed by atoms with E-state index in [9.17, 15) is 19.7 Å². The van der Waals surface area contributed by atoms with E-state index in [1.165, 1.54) is 30.2 Å². The Balaban J connectivity index is 2.30. The molecule has 2 rings (SSSR count). The van der Waals surface area contributed by atoms with Crippen molar-refractivity contribution in [1.82, 2.24) is 10.2 Å². The molecule has 11 heteroatoms. The molecule has 0 unspecified atom stereocenters. The number of halogens is 2. The highest BCUT2D eigenvalue weighted by atomic mass is 35.5. The molecule has 9 nitrogen and oxygen atoms in total. The number of carbonyl (C=O) groups is 2. The van der Waals surface area contributed by atoms with Crippen LogP contribution in [0.4, 0.5) is 5.69 Å². The van der Waals surface area contributed by atoms with Crippen molar-refractivity contribution in [3.05, 3.63) is 62.1 Å². The molecule has 190 valence electrons. The largest absolute Gasteiger partial charge is 0.490 e. The van der Waals surface area contributed by atoms with E-state index < -0.39 is 23.5 Å². The average molecular weight is 526 g/mol. The zero-order valence-electron chi connectivity index (χ0n) is 20.0. The van der Waals surface area contributed by atoms with Gasteiger partial charge in [-0.2, -0.15) is 0 Å². The van der Waals surface area contributed by atoms with Gasteiger partial charge in [-0.1, -0.05) is 50.0 Å². The Kier molecular flexibility index (Phi) is 10.6. The summed E-state index contributed by atoms with van der Waals surface area (Å²) in [4.78, 5) is 38.2. The first-order chi connectivity index (χ1) is 16.6. The highest BCUT2D eigenvalue weighted by Gasteiger charge is 2.30. The van der Waals surface area contributed by atoms with E-state index in [1.54, 1.807) is 25.1 Å². The first-order valence-electron chi connectivity index (χ1n) is 11.0. The van der Waals surface area contributed by atoms with Crippen LogP contribution < -0.4 is 14.8 Å². The first-order valence-corrected chi connectivity index (χ1v) is 11.8. The van der Waals surface area contributed by atoms with Crippen molar-refractivity contribution in [3.8, 4) is 11.5 Å². The average Bonchev–Trinajstić information content (AvgIpc) is 2.82. The maximum atomic E-state index is 13.3. The van der Waals surface area contributed by atoms with Crippen LogP contribution in [-0.4, -0.2) is 47.9 Å². The van der Waals surface area contributed by atoms with E-state index >= 15 is 0 Å². The van der Waals surface area contributed by atoms with Crippen molar-refractivity contribution in [2.75, 3.05) is 20.3 Å². The molecular weight excluding hydrogens is 497 g/mol. The summed E-state index contributed by atoms with van der Waals surface area (Å²) >= 11 is 12.7. The Morgan fingerprint density at radius 2 is 1.83 bits per heavy atom. The van der Waals surface area contributed by atoms with E-state index in [0.29, 0.717) is 28.6 Å². The van der Waals surface area contributed by atoms with Crippen LogP contribution in [0.1, 0.15) is 32.8 Å². The minimum Gasteiger partial charge on any atom is -0.490 e. The number of carbonyl (C=O) groups excluding carboxylic acids is 2. The van der Waals surface area contributed by atoms with Crippen LogP contribution in [0.25, 0.3) is 0 Å². The molecule has 0 saturated carbocycles. The molecule has 35 heavy (non-hydrogen) atoms. The topological polar surface area (TPSA) is 111 Å². The van der Waals surface area contributed by atoms with Gasteiger partial charge in [-0.3, -0.25) is 19.7 Å². The Labute approximate surface area is 214 Å². The second kappa shape index (κ2) is 13.2. The van der Waals surface area contributed by atoms with Crippen molar-refractivity contribution in [2.24, 2.45) is 5.92 Å². The molecule has 0 spiro atoms. The predicted molar refractivity (Wildman–Crippen MR) is 134 cm³/mol. The Morgan fingerprint density at radius 3 is 2.37 bits per heavy atom. The van der Waals surface area contributed by atoms with E-state index in [-0.39, 0.29) is 35.6 Å². The summed E-state index contributed by atoms with van der Waals surface area (Å²) in [5, 5.41) is 14.7. The Morgan fingerprint density at radius 1 is 1.17 bits per heavy atom. The van der Waals surface area contributed by atoms with E-state index in [4.69, 9.17) is 32.7 Å². The lowest BCUT2D eigenvalue weighted by atomic mass is 10.1. The van der Waals surface area contributed by atoms with Crippen LogP contribution in [0.2, 0.25) is 10.0 Å². The van der Waals surface area contributed by atoms with Crippen molar-refractivity contribution in [2.45, 2.75) is 39.8 Å². The van der Waals surface area contributed by atoms with E-state index in [2.05, 4.69) is 5.32 Å². The van der Waals surface area contributed by atoms with Gasteiger partial charge >= 0.3 is 5.69 Å². The molecule has 1 N–H and O–H groups in total.